The topological polar surface area (TPSA) is 105 Å². The van der Waals surface area contributed by atoms with Crippen LogP contribution in [-0.4, -0.2) is 54.8 Å². The van der Waals surface area contributed by atoms with E-state index in [0.29, 0.717) is 24.0 Å². The summed E-state index contributed by atoms with van der Waals surface area (Å²) in [5.74, 6) is 1.72. The highest BCUT2D eigenvalue weighted by atomic mass is 16.2. The maximum absolute atomic E-state index is 14.0. The summed E-state index contributed by atoms with van der Waals surface area (Å²) in [6.07, 6.45) is 4.22. The maximum atomic E-state index is 14.0. The lowest BCUT2D eigenvalue weighted by molar-refractivity contribution is 0.0781. The van der Waals surface area contributed by atoms with Gasteiger partial charge in [-0.3, -0.25) is 14.6 Å². The van der Waals surface area contributed by atoms with Crippen LogP contribution in [0.15, 0.2) is 36.5 Å². The minimum absolute atomic E-state index is 0.131. The predicted octanol–water partition coefficient (Wildman–Crippen LogP) is 5.20. The van der Waals surface area contributed by atoms with E-state index >= 15 is 0 Å². The van der Waals surface area contributed by atoms with Crippen molar-refractivity contribution in [3.63, 3.8) is 0 Å². The van der Waals surface area contributed by atoms with Crippen LogP contribution in [0.4, 0.5) is 5.82 Å². The summed E-state index contributed by atoms with van der Waals surface area (Å²) in [5, 5.41) is 16.7. The molecule has 2 N–H and O–H groups in total. The molecular formula is C29H32N8O. The molecule has 9 nitrogen and oxygen atoms in total. The number of amides is 1. The largest absolute Gasteiger partial charge is 0.371 e. The van der Waals surface area contributed by atoms with Crippen molar-refractivity contribution in [3.8, 4) is 11.4 Å². The molecule has 5 aromatic rings. The molecule has 0 aliphatic heterocycles. The maximum Gasteiger partial charge on any atom is 0.273 e. The second-order valence-corrected chi connectivity index (χ2v) is 10.2. The lowest BCUT2D eigenvalue weighted by Crippen LogP contribution is -2.28. The Bertz CT molecular complexity index is 1690. The van der Waals surface area contributed by atoms with Crippen molar-refractivity contribution < 1.29 is 4.79 Å². The number of H-pyrrole nitrogens is 1. The van der Waals surface area contributed by atoms with Crippen molar-refractivity contribution in [1.82, 2.24) is 34.8 Å². The van der Waals surface area contributed by atoms with E-state index < -0.39 is 0 Å². The van der Waals surface area contributed by atoms with E-state index in [9.17, 15) is 4.79 Å². The van der Waals surface area contributed by atoms with Gasteiger partial charge in [0, 0.05) is 54.8 Å². The average Bonchev–Trinajstić information content (AvgIpc) is 3.62. The lowest BCUT2D eigenvalue weighted by atomic mass is 10.0. The standard InChI is InChI=1S/C29H32N8O/c1-6-37-17(3)20(14-31-37)15-36(5)29(38)26-22-12-19(18-7-8-18)9-10-24(22)32-28(33-26)21-13-23-25(11-16(21)2)34-35-27(23)30-4/h9-14,18H,6-8,15H2,1-5H3,(H2,30,34,35). The normalized spacial score (nSPS) is 13.4. The molecule has 1 aliphatic rings. The molecule has 9 heteroatoms. The number of benzene rings is 2. The first-order valence-corrected chi connectivity index (χ1v) is 13.1. The number of hydrogen-bond acceptors (Lipinski definition) is 6. The molecule has 0 bridgehead atoms. The number of aromatic nitrogens is 6. The highest BCUT2D eigenvalue weighted by molar-refractivity contribution is 6.05. The van der Waals surface area contributed by atoms with E-state index in [1.54, 1.807) is 4.90 Å². The van der Waals surface area contributed by atoms with Crippen LogP contribution in [0.25, 0.3) is 33.2 Å². The van der Waals surface area contributed by atoms with Gasteiger partial charge in [0.1, 0.15) is 5.69 Å². The molecule has 0 spiro atoms. The van der Waals surface area contributed by atoms with Gasteiger partial charge in [0.05, 0.1) is 17.2 Å². The van der Waals surface area contributed by atoms with Gasteiger partial charge in [0.2, 0.25) is 0 Å². The number of nitrogens with zero attached hydrogens (tertiary/aromatic N) is 6. The predicted molar refractivity (Wildman–Crippen MR) is 149 cm³/mol. The molecule has 0 radical (unpaired) electrons. The van der Waals surface area contributed by atoms with E-state index in [2.05, 4.69) is 39.7 Å². The molecule has 3 aromatic heterocycles. The number of aryl methyl sites for hydroxylation is 2. The van der Waals surface area contributed by atoms with Gasteiger partial charge in [0.25, 0.3) is 5.91 Å². The lowest BCUT2D eigenvalue weighted by Gasteiger charge is -2.19. The van der Waals surface area contributed by atoms with Crippen LogP contribution >= 0.6 is 0 Å². The number of nitrogens with one attached hydrogen (secondary N) is 2. The van der Waals surface area contributed by atoms with Crippen LogP contribution in [0, 0.1) is 13.8 Å². The average molecular weight is 509 g/mol. The van der Waals surface area contributed by atoms with Crippen molar-refractivity contribution in [2.45, 2.75) is 52.6 Å². The Balaban J connectivity index is 1.47. The first kappa shape index (κ1) is 24.1. The van der Waals surface area contributed by atoms with Crippen LogP contribution in [0.1, 0.15) is 58.6 Å². The molecule has 0 unspecified atom stereocenters. The summed E-state index contributed by atoms with van der Waals surface area (Å²) < 4.78 is 1.95. The van der Waals surface area contributed by atoms with Crippen LogP contribution in [0.2, 0.25) is 0 Å². The fraction of sp³-hybridized carbons (Fsp3) is 0.345. The highest BCUT2D eigenvalue weighted by Crippen LogP contribution is 2.41. The van der Waals surface area contributed by atoms with E-state index in [4.69, 9.17) is 9.97 Å². The van der Waals surface area contributed by atoms with Gasteiger partial charge < -0.3 is 10.2 Å². The van der Waals surface area contributed by atoms with Gasteiger partial charge in [0.15, 0.2) is 11.6 Å². The molecule has 1 aliphatic carbocycles. The Kier molecular flexibility index (Phi) is 5.86. The first-order valence-electron chi connectivity index (χ1n) is 13.1. The van der Waals surface area contributed by atoms with E-state index in [1.165, 1.54) is 18.4 Å². The Morgan fingerprint density at radius 1 is 1.16 bits per heavy atom. The molecule has 1 amide bonds. The van der Waals surface area contributed by atoms with E-state index in [-0.39, 0.29) is 5.91 Å². The van der Waals surface area contributed by atoms with Gasteiger partial charge >= 0.3 is 0 Å². The quantitative estimate of drug-likeness (QED) is 0.313. The number of rotatable bonds is 7. The van der Waals surface area contributed by atoms with E-state index in [1.807, 2.05) is 57.0 Å². The molecule has 194 valence electrons. The van der Waals surface area contributed by atoms with Gasteiger partial charge in [-0.2, -0.15) is 10.2 Å². The minimum atomic E-state index is -0.131. The molecule has 6 rings (SSSR count). The van der Waals surface area contributed by atoms with Crippen molar-refractivity contribution in [1.29, 1.82) is 0 Å². The highest BCUT2D eigenvalue weighted by Gasteiger charge is 2.26. The molecule has 0 saturated heterocycles. The third kappa shape index (κ3) is 4.08. The number of carbonyl (C=O) groups excluding carboxylic acids is 1. The second-order valence-electron chi connectivity index (χ2n) is 10.2. The number of aromatic amines is 1. The van der Waals surface area contributed by atoms with Gasteiger partial charge in [-0.15, -0.1) is 0 Å². The zero-order valence-electron chi connectivity index (χ0n) is 22.5. The summed E-state index contributed by atoms with van der Waals surface area (Å²) in [6, 6.07) is 10.4. The Morgan fingerprint density at radius 3 is 2.68 bits per heavy atom. The smallest absolute Gasteiger partial charge is 0.273 e. The van der Waals surface area contributed by atoms with Crippen LogP contribution in [0.5, 0.6) is 0 Å². The molecule has 0 atom stereocenters. The van der Waals surface area contributed by atoms with E-state index in [0.717, 1.165) is 56.6 Å². The third-order valence-corrected chi connectivity index (χ3v) is 7.62. The fourth-order valence-electron chi connectivity index (χ4n) is 5.17. The van der Waals surface area contributed by atoms with Crippen molar-refractivity contribution in [2.75, 3.05) is 19.4 Å². The Labute approximate surface area is 221 Å². The monoisotopic (exact) mass is 508 g/mol. The summed E-state index contributed by atoms with van der Waals surface area (Å²) >= 11 is 0. The second kappa shape index (κ2) is 9.24. The number of hydrogen-bond donors (Lipinski definition) is 2. The molecule has 2 aromatic carbocycles. The molecule has 38 heavy (non-hydrogen) atoms. The number of fused-ring (bicyclic) bond motifs is 2. The summed E-state index contributed by atoms with van der Waals surface area (Å²) in [7, 11) is 3.67. The fourth-order valence-corrected chi connectivity index (χ4v) is 5.17. The summed E-state index contributed by atoms with van der Waals surface area (Å²) in [5.41, 5.74) is 7.36. The molecule has 3 heterocycles. The zero-order valence-corrected chi connectivity index (χ0v) is 22.5. The van der Waals surface area contributed by atoms with Gasteiger partial charge in [-0.25, -0.2) is 9.97 Å². The molecule has 1 fully saturated rings. The van der Waals surface area contributed by atoms with Crippen LogP contribution < -0.4 is 5.32 Å². The summed E-state index contributed by atoms with van der Waals surface area (Å²) in [6.45, 7) is 7.38. The van der Waals surface area contributed by atoms with Crippen molar-refractivity contribution in [3.05, 3.63) is 64.6 Å². The Hall–Kier alpha value is -4.27. The Morgan fingerprint density at radius 2 is 1.97 bits per heavy atom. The van der Waals surface area contributed by atoms with Crippen LogP contribution in [-0.2, 0) is 13.1 Å². The molecule has 1 saturated carbocycles. The van der Waals surface area contributed by atoms with Gasteiger partial charge in [-0.05, 0) is 74.9 Å². The third-order valence-electron chi connectivity index (χ3n) is 7.62. The number of anilines is 1. The van der Waals surface area contributed by atoms with Crippen molar-refractivity contribution in [2.24, 2.45) is 0 Å². The van der Waals surface area contributed by atoms with Crippen LogP contribution in [0.3, 0.4) is 0 Å². The number of carbonyl (C=O) groups is 1. The van der Waals surface area contributed by atoms with Crippen molar-refractivity contribution >= 4 is 33.5 Å². The SMILES string of the molecule is CCn1ncc(CN(C)C(=O)c2nc(-c3cc4c(NC)n[nH]c4cc3C)nc3ccc(C4CC4)cc23)c1C. The minimum Gasteiger partial charge on any atom is -0.371 e. The summed E-state index contributed by atoms with van der Waals surface area (Å²) in [4.78, 5) is 25.6. The molecular weight excluding hydrogens is 476 g/mol. The van der Waals surface area contributed by atoms with Gasteiger partial charge in [-0.1, -0.05) is 6.07 Å². The first-order chi connectivity index (χ1) is 18.4. The zero-order chi connectivity index (χ0) is 26.6.